The van der Waals surface area contributed by atoms with Gasteiger partial charge in [0, 0.05) is 29.7 Å². The van der Waals surface area contributed by atoms with Gasteiger partial charge in [0.2, 0.25) is 0 Å². The molecule has 28 heavy (non-hydrogen) atoms. The van der Waals surface area contributed by atoms with Crippen LogP contribution in [-0.4, -0.2) is 12.9 Å². The van der Waals surface area contributed by atoms with Crippen molar-refractivity contribution in [3.05, 3.63) is 94.8 Å². The first-order valence-electron chi connectivity index (χ1n) is 9.27. The minimum absolute atomic E-state index is 0. The lowest BCUT2D eigenvalue weighted by Crippen LogP contribution is -2.32. The van der Waals surface area contributed by atoms with Crippen LogP contribution in [0, 0.1) is 13.8 Å². The summed E-state index contributed by atoms with van der Waals surface area (Å²) in [6.45, 7) is 5.05. The van der Waals surface area contributed by atoms with Gasteiger partial charge >= 0.3 is 0 Å². The summed E-state index contributed by atoms with van der Waals surface area (Å²) in [4.78, 5) is 11.3. The smallest absolute Gasteiger partial charge is 0.173 e. The van der Waals surface area contributed by atoms with Gasteiger partial charge in [-0.3, -0.25) is 4.79 Å². The highest BCUT2D eigenvalue weighted by Gasteiger charge is 2.19. The molecule has 0 fully saturated rings. The fraction of sp³-hybridized carbons (Fsp3) is 0.250. The molecule has 0 bridgehead atoms. The summed E-state index contributed by atoms with van der Waals surface area (Å²) in [5.74, 6) is 1.20. The maximum absolute atomic E-state index is 11.3. The summed E-state index contributed by atoms with van der Waals surface area (Å²) in [7, 11) is 1.68. The average Bonchev–Trinajstić information content (AvgIpc) is 3.04. The van der Waals surface area contributed by atoms with E-state index in [4.69, 9.17) is 4.74 Å². The lowest BCUT2D eigenvalue weighted by molar-refractivity contribution is -0.688. The highest BCUT2D eigenvalue weighted by atomic mass is 79.9. The Morgan fingerprint density at radius 3 is 2.21 bits per heavy atom. The minimum atomic E-state index is 0. The zero-order valence-electron chi connectivity index (χ0n) is 16.6. The molecule has 146 valence electrons. The van der Waals surface area contributed by atoms with Gasteiger partial charge in [-0.25, -0.2) is 4.57 Å². The van der Waals surface area contributed by atoms with Crippen LogP contribution in [-0.2, 0) is 13.0 Å². The van der Waals surface area contributed by atoms with E-state index in [0.29, 0.717) is 12.2 Å². The molecule has 2 aromatic carbocycles. The lowest BCUT2D eigenvalue weighted by atomic mass is 10.0. The number of carbonyl (C=O) groups excluding carboxylic acids is 1. The van der Waals surface area contributed by atoms with Crippen LogP contribution >= 0.6 is 17.0 Å². The second kappa shape index (κ2) is 10.2. The van der Waals surface area contributed by atoms with E-state index >= 15 is 0 Å². The van der Waals surface area contributed by atoms with Crippen molar-refractivity contribution in [3.8, 4) is 5.75 Å². The molecule has 4 rings (SSSR count). The summed E-state index contributed by atoms with van der Waals surface area (Å²) in [6, 6.07) is 18.5. The predicted octanol–water partition coefficient (Wildman–Crippen LogP) is 5.04. The number of ketones is 1. The van der Waals surface area contributed by atoms with Gasteiger partial charge in [-0.1, -0.05) is 36.4 Å². The van der Waals surface area contributed by atoms with Gasteiger partial charge in [0.05, 0.1) is 7.11 Å². The molecule has 1 aliphatic carbocycles. The first-order chi connectivity index (χ1) is 13.1. The van der Waals surface area contributed by atoms with Crippen molar-refractivity contribution in [2.45, 2.75) is 33.2 Å². The normalized spacial score (nSPS) is 11.8. The molecular weight excluding hydrogens is 414 g/mol. The molecule has 0 unspecified atom stereocenters. The lowest BCUT2D eigenvalue weighted by Gasteiger charge is -2.03. The zero-order chi connectivity index (χ0) is 19.2. The van der Waals surface area contributed by atoms with Crippen molar-refractivity contribution < 1.29 is 14.1 Å². The van der Waals surface area contributed by atoms with Crippen molar-refractivity contribution in [3.63, 3.8) is 0 Å². The van der Waals surface area contributed by atoms with Crippen LogP contribution in [0.4, 0.5) is 0 Å². The Morgan fingerprint density at radius 1 is 0.929 bits per heavy atom. The number of aromatic nitrogens is 1. The Balaban J connectivity index is 0.000000198. The van der Waals surface area contributed by atoms with Crippen molar-refractivity contribution in [2.24, 2.45) is 0 Å². The number of aryl methyl sites for hydroxylation is 3. The number of nitrogens with zero attached hydrogens (tertiary/aromatic N) is 1. The Morgan fingerprint density at radius 2 is 1.57 bits per heavy atom. The van der Waals surface area contributed by atoms with Crippen LogP contribution in [0.15, 0.2) is 67.0 Å². The van der Waals surface area contributed by atoms with E-state index in [0.717, 1.165) is 24.3 Å². The number of fused-ring (bicyclic) bond motifs is 1. The number of pyridine rings is 1. The largest absolute Gasteiger partial charge is 0.496 e. The fourth-order valence-corrected chi connectivity index (χ4v) is 3.20. The van der Waals surface area contributed by atoms with Gasteiger partial charge in [-0.2, -0.15) is 0 Å². The number of hydrogen-bond donors (Lipinski definition) is 0. The van der Waals surface area contributed by atoms with E-state index in [1.165, 1.54) is 22.3 Å². The number of carbonyl (C=O) groups is 1. The summed E-state index contributed by atoms with van der Waals surface area (Å²) in [6.07, 6.45) is 5.69. The summed E-state index contributed by atoms with van der Waals surface area (Å²) in [5, 5.41) is 0. The quantitative estimate of drug-likeness (QED) is 0.533. The average molecular weight is 441 g/mol. The third-order valence-electron chi connectivity index (χ3n) is 4.95. The number of ether oxygens (including phenoxy) is 1. The third kappa shape index (κ3) is 5.52. The van der Waals surface area contributed by atoms with E-state index < -0.39 is 0 Å². The molecule has 3 nitrogen and oxygen atoms in total. The van der Waals surface area contributed by atoms with Gasteiger partial charge in [0.15, 0.2) is 24.7 Å². The highest BCUT2D eigenvalue weighted by Crippen LogP contribution is 2.24. The van der Waals surface area contributed by atoms with Gasteiger partial charge in [0.25, 0.3) is 0 Å². The van der Waals surface area contributed by atoms with Crippen LogP contribution < -0.4 is 9.30 Å². The fourth-order valence-electron chi connectivity index (χ4n) is 3.20. The summed E-state index contributed by atoms with van der Waals surface area (Å²) >= 11 is 0. The van der Waals surface area contributed by atoms with E-state index in [9.17, 15) is 4.79 Å². The molecule has 1 aliphatic rings. The minimum Gasteiger partial charge on any atom is -0.496 e. The molecular formula is C24H27BrNO2+. The zero-order valence-corrected chi connectivity index (χ0v) is 18.4. The second-order valence-electron chi connectivity index (χ2n) is 6.91. The highest BCUT2D eigenvalue weighted by molar-refractivity contribution is 8.93. The van der Waals surface area contributed by atoms with E-state index in [2.05, 4.69) is 48.7 Å². The first kappa shape index (κ1) is 21.8. The Kier molecular flexibility index (Phi) is 7.94. The second-order valence-corrected chi connectivity index (χ2v) is 6.91. The molecule has 0 saturated heterocycles. The standard InChI is InChI=1S/C13H14NO.C11H12O.BrH/c1-15-13-7-9-14(10-8-13)11-12-5-3-2-4-6-12;1-7-5-9-3-4-11(12)10(9)6-8(7)2;/h2-10H,11H2,1H3;5-6H,3-4H2,1-2H3;1H/q+1;;. The SMILES string of the molecule is Br.COc1cc[n+](Cc2ccccc2)cc1.Cc1cc2c(cc1C)C(=O)CC2. The van der Waals surface area contributed by atoms with E-state index in [1.54, 1.807) is 7.11 Å². The predicted molar refractivity (Wildman–Crippen MR) is 118 cm³/mol. The monoisotopic (exact) mass is 440 g/mol. The number of rotatable bonds is 3. The molecule has 0 spiro atoms. The molecule has 0 amide bonds. The van der Waals surface area contributed by atoms with Crippen molar-refractivity contribution in [1.29, 1.82) is 0 Å². The van der Waals surface area contributed by atoms with E-state index in [-0.39, 0.29) is 17.0 Å². The number of methoxy groups -OCH3 is 1. The van der Waals surface area contributed by atoms with Gasteiger partial charge < -0.3 is 4.74 Å². The topological polar surface area (TPSA) is 30.2 Å². The van der Waals surface area contributed by atoms with Crippen LogP contribution in [0.25, 0.3) is 0 Å². The Hall–Kier alpha value is -2.46. The number of benzene rings is 2. The molecule has 0 N–H and O–H groups in total. The number of halogens is 1. The van der Waals surface area contributed by atoms with Gasteiger partial charge in [0.1, 0.15) is 5.75 Å². The number of Topliss-reactive ketones (excluding diaryl/α,β-unsaturated/α-hetero) is 1. The van der Waals surface area contributed by atoms with Crippen LogP contribution in [0.5, 0.6) is 5.75 Å². The van der Waals surface area contributed by atoms with Crippen LogP contribution in [0.1, 0.15) is 39.0 Å². The Labute approximate surface area is 177 Å². The summed E-state index contributed by atoms with van der Waals surface area (Å²) < 4.78 is 7.23. The molecule has 0 radical (unpaired) electrons. The molecule has 3 aromatic rings. The molecule has 4 heteroatoms. The first-order valence-corrected chi connectivity index (χ1v) is 9.27. The van der Waals surface area contributed by atoms with Crippen LogP contribution in [0.2, 0.25) is 0 Å². The maximum atomic E-state index is 11.3. The molecule has 1 aromatic heterocycles. The third-order valence-corrected chi connectivity index (χ3v) is 4.95. The number of hydrogen-bond acceptors (Lipinski definition) is 2. The van der Waals surface area contributed by atoms with Crippen molar-refractivity contribution >= 4 is 22.8 Å². The summed E-state index contributed by atoms with van der Waals surface area (Å²) in [5.41, 5.74) is 6.02. The van der Waals surface area contributed by atoms with Gasteiger partial charge in [-0.05, 0) is 43.0 Å². The van der Waals surface area contributed by atoms with E-state index in [1.807, 2.05) is 36.7 Å². The maximum Gasteiger partial charge on any atom is 0.173 e. The molecule has 0 saturated carbocycles. The van der Waals surface area contributed by atoms with Crippen molar-refractivity contribution in [2.75, 3.05) is 7.11 Å². The van der Waals surface area contributed by atoms with Crippen molar-refractivity contribution in [1.82, 2.24) is 0 Å². The Bertz CT molecular complexity index is 921. The molecule has 0 aliphatic heterocycles. The van der Waals surface area contributed by atoms with Crippen LogP contribution in [0.3, 0.4) is 0 Å². The molecule has 0 atom stereocenters. The molecule has 1 heterocycles. The van der Waals surface area contributed by atoms with Gasteiger partial charge in [-0.15, -0.1) is 17.0 Å².